The summed E-state index contributed by atoms with van der Waals surface area (Å²) in [6.07, 6.45) is 0.250. The molecule has 0 aromatic heterocycles. The van der Waals surface area contributed by atoms with Crippen LogP contribution in [0.15, 0.2) is 24.3 Å². The molecular weight excluding hydrogens is 168 g/mol. The minimum Gasteiger partial charge on any atom is -0.295 e. The van der Waals surface area contributed by atoms with Crippen LogP contribution in [0.2, 0.25) is 0 Å². The molecule has 0 atom stereocenters. The number of benzene rings is 1. The van der Waals surface area contributed by atoms with Gasteiger partial charge < -0.3 is 0 Å². The molecule has 1 aromatic carbocycles. The van der Waals surface area contributed by atoms with Gasteiger partial charge in [-0.3, -0.25) is 4.79 Å². The Morgan fingerprint density at radius 3 is 2.00 bits per heavy atom. The summed E-state index contributed by atoms with van der Waals surface area (Å²) in [6, 6.07) is 7.60. The van der Waals surface area contributed by atoms with Gasteiger partial charge in [-0.05, 0) is 19.4 Å². The van der Waals surface area contributed by atoms with Gasteiger partial charge in [0.2, 0.25) is 0 Å². The second kappa shape index (κ2) is 5.86. The fourth-order valence-electron chi connectivity index (χ4n) is 0.968. The van der Waals surface area contributed by atoms with E-state index in [2.05, 4.69) is 0 Å². The van der Waals surface area contributed by atoms with Gasteiger partial charge in [0.25, 0.3) is 0 Å². The second-order valence-corrected chi connectivity index (χ2v) is 2.45. The molecule has 68 valence electrons. The summed E-state index contributed by atoms with van der Waals surface area (Å²) in [5, 5.41) is 0. The Bertz CT molecular complexity index is 323. The highest BCUT2D eigenvalue weighted by atomic mass is 16.2. The molecule has 0 aliphatic heterocycles. The Morgan fingerprint density at radius 2 is 1.69 bits per heavy atom. The summed E-state index contributed by atoms with van der Waals surface area (Å²) in [6.45, 7) is 3.53. The molecule has 0 spiro atoms. The van der Waals surface area contributed by atoms with Crippen LogP contribution in [0.5, 0.6) is 0 Å². The molecule has 1 aromatic rings. The molecular formula is C10H10O3. The van der Waals surface area contributed by atoms with Crippen LogP contribution in [0.25, 0.3) is 0 Å². The molecule has 3 heteroatoms. The smallest absolute Gasteiger partial charge is 0.295 e. The largest absolute Gasteiger partial charge is 0.373 e. The number of hydrogen-bond donors (Lipinski definition) is 0. The summed E-state index contributed by atoms with van der Waals surface area (Å²) in [5.41, 5.74) is 1.87. The van der Waals surface area contributed by atoms with Crippen molar-refractivity contribution in [2.75, 3.05) is 0 Å². The summed E-state index contributed by atoms with van der Waals surface area (Å²) < 4.78 is 0. The highest BCUT2D eigenvalue weighted by molar-refractivity contribution is 5.95. The number of carbonyl (C=O) groups is 1. The molecule has 0 aliphatic carbocycles. The van der Waals surface area contributed by atoms with E-state index in [0.717, 1.165) is 11.1 Å². The first kappa shape index (κ1) is 11.3. The first-order valence-electron chi connectivity index (χ1n) is 3.69. The first-order chi connectivity index (χ1) is 6.13. The van der Waals surface area contributed by atoms with E-state index >= 15 is 0 Å². The van der Waals surface area contributed by atoms with Gasteiger partial charge in [0.1, 0.15) is 0 Å². The van der Waals surface area contributed by atoms with E-state index in [4.69, 9.17) is 9.59 Å². The van der Waals surface area contributed by atoms with Crippen molar-refractivity contribution in [3.05, 3.63) is 35.4 Å². The predicted octanol–water partition coefficient (Wildman–Crippen LogP) is 1.61. The van der Waals surface area contributed by atoms with Gasteiger partial charge in [-0.1, -0.05) is 24.3 Å². The fourth-order valence-corrected chi connectivity index (χ4v) is 0.968. The monoisotopic (exact) mass is 178 g/mol. The molecule has 0 saturated heterocycles. The lowest BCUT2D eigenvalue weighted by atomic mass is 10.1. The molecule has 1 rings (SSSR count). The molecule has 0 amide bonds. The highest BCUT2D eigenvalue weighted by Crippen LogP contribution is 2.06. The number of aryl methyl sites for hydroxylation is 1. The van der Waals surface area contributed by atoms with Crippen molar-refractivity contribution in [3.63, 3.8) is 0 Å². The van der Waals surface area contributed by atoms with Crippen LogP contribution in [-0.2, 0) is 9.59 Å². The third-order valence-corrected chi connectivity index (χ3v) is 1.52. The van der Waals surface area contributed by atoms with Gasteiger partial charge in [-0.15, -0.1) is 0 Å². The molecule has 3 nitrogen and oxygen atoms in total. The normalized spacial score (nSPS) is 7.85. The Balaban J connectivity index is 0.000000424. The van der Waals surface area contributed by atoms with E-state index in [1.165, 1.54) is 0 Å². The van der Waals surface area contributed by atoms with Crippen molar-refractivity contribution in [1.82, 2.24) is 0 Å². The SMILES string of the molecule is CC(=O)c1ccccc1C.O=C=O. The summed E-state index contributed by atoms with van der Waals surface area (Å²) in [5.74, 6) is 0.137. The lowest BCUT2D eigenvalue weighted by Crippen LogP contribution is -1.93. The zero-order chi connectivity index (χ0) is 10.3. The van der Waals surface area contributed by atoms with Crippen LogP contribution in [0, 0.1) is 6.92 Å². The summed E-state index contributed by atoms with van der Waals surface area (Å²) in [4.78, 5) is 27.1. The third-order valence-electron chi connectivity index (χ3n) is 1.52. The van der Waals surface area contributed by atoms with Gasteiger partial charge in [-0.25, -0.2) is 0 Å². The number of Topliss-reactive ketones (excluding diaryl/α,β-unsaturated/α-hetero) is 1. The quantitative estimate of drug-likeness (QED) is 0.614. The molecule has 13 heavy (non-hydrogen) atoms. The van der Waals surface area contributed by atoms with Crippen molar-refractivity contribution < 1.29 is 14.4 Å². The average Bonchev–Trinajstić information content (AvgIpc) is 2.06. The molecule has 0 aliphatic rings. The minimum absolute atomic E-state index is 0.137. The van der Waals surface area contributed by atoms with Crippen LogP contribution in [0.1, 0.15) is 22.8 Å². The molecule has 0 heterocycles. The van der Waals surface area contributed by atoms with Gasteiger partial charge in [0.15, 0.2) is 5.78 Å². The highest BCUT2D eigenvalue weighted by Gasteiger charge is 1.99. The first-order valence-corrected chi connectivity index (χ1v) is 3.69. The topological polar surface area (TPSA) is 51.2 Å². The maximum atomic E-state index is 10.9. The van der Waals surface area contributed by atoms with Crippen LogP contribution in [0.3, 0.4) is 0 Å². The zero-order valence-corrected chi connectivity index (χ0v) is 7.53. The molecule has 0 N–H and O–H groups in total. The van der Waals surface area contributed by atoms with E-state index in [0.29, 0.717) is 0 Å². The standard InChI is InChI=1S/C9H10O.CO2/c1-7-5-3-4-6-9(7)8(2)10;2-1-3/h3-6H,1-2H3;. The van der Waals surface area contributed by atoms with E-state index < -0.39 is 0 Å². The second-order valence-electron chi connectivity index (χ2n) is 2.45. The van der Waals surface area contributed by atoms with Crippen molar-refractivity contribution in [2.45, 2.75) is 13.8 Å². The summed E-state index contributed by atoms with van der Waals surface area (Å²) in [7, 11) is 0. The lowest BCUT2D eigenvalue weighted by Gasteiger charge is -1.97. The number of ketones is 1. The average molecular weight is 178 g/mol. The molecule has 0 fully saturated rings. The Labute approximate surface area is 76.4 Å². The van der Waals surface area contributed by atoms with E-state index in [-0.39, 0.29) is 11.9 Å². The van der Waals surface area contributed by atoms with Crippen molar-refractivity contribution in [3.8, 4) is 0 Å². The van der Waals surface area contributed by atoms with Crippen molar-refractivity contribution in [1.29, 1.82) is 0 Å². The van der Waals surface area contributed by atoms with Crippen LogP contribution in [-0.4, -0.2) is 11.9 Å². The Kier molecular flexibility index (Phi) is 5.08. The molecule has 0 saturated carbocycles. The molecule has 0 bridgehead atoms. The van der Waals surface area contributed by atoms with E-state index in [1.807, 2.05) is 31.2 Å². The number of rotatable bonds is 1. The molecule has 0 radical (unpaired) electrons. The van der Waals surface area contributed by atoms with Crippen LogP contribution < -0.4 is 0 Å². The Hall–Kier alpha value is -1.73. The fraction of sp³-hybridized carbons (Fsp3) is 0.200. The third kappa shape index (κ3) is 3.99. The van der Waals surface area contributed by atoms with Gasteiger partial charge in [0.05, 0.1) is 0 Å². The lowest BCUT2D eigenvalue weighted by molar-refractivity contribution is -0.191. The van der Waals surface area contributed by atoms with Crippen LogP contribution >= 0.6 is 0 Å². The number of hydrogen-bond acceptors (Lipinski definition) is 3. The van der Waals surface area contributed by atoms with Gasteiger partial charge in [0, 0.05) is 5.56 Å². The maximum absolute atomic E-state index is 10.9. The Morgan fingerprint density at radius 1 is 1.23 bits per heavy atom. The van der Waals surface area contributed by atoms with E-state index in [1.54, 1.807) is 6.92 Å². The predicted molar refractivity (Wildman–Crippen MR) is 46.2 cm³/mol. The zero-order valence-electron chi connectivity index (χ0n) is 7.53. The summed E-state index contributed by atoms with van der Waals surface area (Å²) >= 11 is 0. The maximum Gasteiger partial charge on any atom is 0.373 e. The van der Waals surface area contributed by atoms with Crippen molar-refractivity contribution in [2.24, 2.45) is 0 Å². The van der Waals surface area contributed by atoms with Crippen molar-refractivity contribution >= 4 is 11.9 Å². The molecule has 0 unspecified atom stereocenters. The van der Waals surface area contributed by atoms with Gasteiger partial charge in [-0.2, -0.15) is 9.59 Å². The van der Waals surface area contributed by atoms with Crippen LogP contribution in [0.4, 0.5) is 0 Å². The van der Waals surface area contributed by atoms with Gasteiger partial charge >= 0.3 is 6.15 Å². The minimum atomic E-state index is 0.137. The number of carbonyl (C=O) groups excluding carboxylic acids is 3. The van der Waals surface area contributed by atoms with E-state index in [9.17, 15) is 4.79 Å².